The summed E-state index contributed by atoms with van der Waals surface area (Å²) >= 11 is 0. The van der Waals surface area contributed by atoms with Gasteiger partial charge in [-0.25, -0.2) is 4.98 Å². The van der Waals surface area contributed by atoms with Gasteiger partial charge in [-0.1, -0.05) is 0 Å². The molecule has 7 nitrogen and oxygen atoms in total. The Kier molecular flexibility index (Phi) is 4.23. The molecule has 7 heteroatoms. The summed E-state index contributed by atoms with van der Waals surface area (Å²) in [4.78, 5) is 6.46. The number of anilines is 2. The molecule has 2 rings (SSSR count). The van der Waals surface area contributed by atoms with Gasteiger partial charge < -0.3 is 10.6 Å². The number of rotatable bonds is 2. The van der Waals surface area contributed by atoms with E-state index in [0.717, 1.165) is 26.2 Å². The van der Waals surface area contributed by atoms with E-state index in [2.05, 4.69) is 23.0 Å². The number of hydrogen-bond donors (Lipinski definition) is 2. The Morgan fingerprint density at radius 1 is 1.19 bits per heavy atom. The molecule has 0 atom stereocenters. The van der Waals surface area contributed by atoms with Gasteiger partial charge in [0.05, 0.1) is 19.5 Å². The molecule has 1 fully saturated rings. The smallest absolute Gasteiger partial charge is 0.240 e. The molecule has 0 unspecified atom stereocenters. The lowest BCUT2D eigenvalue weighted by atomic mass is 10.0. The minimum absolute atomic E-state index is 0.00331. The summed E-state index contributed by atoms with van der Waals surface area (Å²) in [6.45, 7) is 3.53. The van der Waals surface area contributed by atoms with Gasteiger partial charge in [-0.05, 0) is 0 Å². The Morgan fingerprint density at radius 2 is 1.81 bits per heavy atom. The van der Waals surface area contributed by atoms with Gasteiger partial charge in [-0.3, -0.25) is 4.90 Å². The molecular formula is C14H17N7+2. The van der Waals surface area contributed by atoms with E-state index in [-0.39, 0.29) is 17.8 Å². The van der Waals surface area contributed by atoms with Crippen LogP contribution in [-0.2, 0) is 6.42 Å². The lowest BCUT2D eigenvalue weighted by Crippen LogP contribution is -3.12. The molecule has 1 aromatic heterocycles. The van der Waals surface area contributed by atoms with Crippen molar-refractivity contribution >= 4 is 11.6 Å². The molecule has 21 heavy (non-hydrogen) atoms. The summed E-state index contributed by atoms with van der Waals surface area (Å²) < 4.78 is 0. The molecule has 0 radical (unpaired) electrons. The molecule has 1 aromatic rings. The first-order valence-corrected chi connectivity index (χ1v) is 6.73. The van der Waals surface area contributed by atoms with Gasteiger partial charge in [0.25, 0.3) is 0 Å². The Morgan fingerprint density at radius 3 is 2.33 bits per heavy atom. The number of piperazine rings is 1. The van der Waals surface area contributed by atoms with Crippen LogP contribution in [0.25, 0.3) is 0 Å². The first-order chi connectivity index (χ1) is 10.1. The Hall–Kier alpha value is -2.82. The van der Waals surface area contributed by atoms with E-state index >= 15 is 0 Å². The summed E-state index contributed by atoms with van der Waals surface area (Å²) in [5.41, 5.74) is 6.85. The topological polar surface area (TPSA) is 119 Å². The summed E-state index contributed by atoms with van der Waals surface area (Å²) in [5, 5.41) is 27.6. The van der Waals surface area contributed by atoms with Crippen molar-refractivity contribution in [2.24, 2.45) is 0 Å². The molecule has 1 aliphatic rings. The van der Waals surface area contributed by atoms with E-state index in [9.17, 15) is 10.5 Å². The van der Waals surface area contributed by atoms with Crippen LogP contribution in [0.3, 0.4) is 0 Å². The lowest BCUT2D eigenvalue weighted by Gasteiger charge is -2.28. The van der Waals surface area contributed by atoms with E-state index in [1.807, 2.05) is 12.1 Å². The quantitative estimate of drug-likeness (QED) is 0.665. The highest BCUT2D eigenvalue weighted by Crippen LogP contribution is 2.24. The third-order valence-electron chi connectivity index (χ3n) is 3.78. The molecule has 1 aliphatic heterocycles. The molecule has 1 saturated heterocycles. The van der Waals surface area contributed by atoms with Crippen LogP contribution in [-0.4, -0.2) is 33.2 Å². The molecule has 0 aliphatic carbocycles. The molecule has 2 heterocycles. The molecular weight excluding hydrogens is 266 g/mol. The van der Waals surface area contributed by atoms with Crippen molar-refractivity contribution in [1.29, 1.82) is 15.8 Å². The number of nitrogens with zero attached hydrogens (tertiary/aromatic N) is 4. The van der Waals surface area contributed by atoms with Crippen LogP contribution in [0.15, 0.2) is 0 Å². The van der Waals surface area contributed by atoms with Crippen LogP contribution in [0.2, 0.25) is 0 Å². The maximum Gasteiger partial charge on any atom is 0.240 e. The fraction of sp³-hybridized carbons (Fsp3) is 0.429. The Bertz CT molecular complexity index is 667. The number of nitrogen functional groups attached to an aromatic ring is 1. The van der Waals surface area contributed by atoms with E-state index in [1.165, 1.54) is 4.90 Å². The standard InChI is InChI=1S/C14H15N7/c1-20-4-6-21(7-5-20)14-12(9-17)10(2-3-15)11(8-16)13(18)19-14/h2,4-7H2,1H3,(H2,18,19)/p+2. The molecule has 0 bridgehead atoms. The highest BCUT2D eigenvalue weighted by atomic mass is 15.3. The van der Waals surface area contributed by atoms with Crippen molar-refractivity contribution < 1.29 is 9.88 Å². The third-order valence-corrected chi connectivity index (χ3v) is 3.78. The van der Waals surface area contributed by atoms with Crippen LogP contribution in [0, 0.1) is 34.0 Å². The minimum Gasteiger partial charge on any atom is -0.332 e. The fourth-order valence-corrected chi connectivity index (χ4v) is 2.54. The Balaban J connectivity index is 2.55. The van der Waals surface area contributed by atoms with Gasteiger partial charge in [0.15, 0.2) is 0 Å². The molecule has 0 aromatic carbocycles. The number of nitriles is 3. The highest BCUT2D eigenvalue weighted by molar-refractivity contribution is 5.64. The summed E-state index contributed by atoms with van der Waals surface area (Å²) in [6.07, 6.45) is -0.00331. The van der Waals surface area contributed by atoms with Gasteiger partial charge in [0.1, 0.15) is 49.4 Å². The summed E-state index contributed by atoms with van der Waals surface area (Å²) in [6, 6.07) is 6.10. The maximum atomic E-state index is 9.46. The minimum atomic E-state index is -0.00331. The second-order valence-electron chi connectivity index (χ2n) is 5.12. The zero-order valence-electron chi connectivity index (χ0n) is 11.9. The molecule has 106 valence electrons. The molecule has 0 saturated carbocycles. The SMILES string of the molecule is C[NH+]1CCN(c2[nH+]c(N)c(C#N)c(CC#N)c2C#N)CC1. The number of likely N-dealkylation sites (N-methyl/N-ethyl adjacent to an activating group) is 1. The van der Waals surface area contributed by atoms with Crippen molar-refractivity contribution in [1.82, 2.24) is 0 Å². The third kappa shape index (κ3) is 2.72. The van der Waals surface area contributed by atoms with E-state index in [4.69, 9.17) is 11.0 Å². The van der Waals surface area contributed by atoms with Gasteiger partial charge in [0, 0.05) is 5.56 Å². The van der Waals surface area contributed by atoms with Gasteiger partial charge >= 0.3 is 0 Å². The lowest BCUT2D eigenvalue weighted by molar-refractivity contribution is -0.880. The average molecular weight is 283 g/mol. The highest BCUT2D eigenvalue weighted by Gasteiger charge is 2.29. The zero-order chi connectivity index (χ0) is 15.4. The fourth-order valence-electron chi connectivity index (χ4n) is 2.54. The number of nitrogens with one attached hydrogen (secondary N) is 2. The number of nitrogens with two attached hydrogens (primary N) is 1. The number of aromatic nitrogens is 1. The monoisotopic (exact) mass is 283 g/mol. The van der Waals surface area contributed by atoms with Crippen molar-refractivity contribution in [2.75, 3.05) is 43.9 Å². The van der Waals surface area contributed by atoms with Gasteiger partial charge in [-0.2, -0.15) is 15.8 Å². The van der Waals surface area contributed by atoms with Gasteiger partial charge in [-0.15, -0.1) is 0 Å². The largest absolute Gasteiger partial charge is 0.332 e. The first kappa shape index (κ1) is 14.6. The van der Waals surface area contributed by atoms with Gasteiger partial charge in [0.2, 0.25) is 11.6 Å². The van der Waals surface area contributed by atoms with E-state index < -0.39 is 0 Å². The molecule has 0 amide bonds. The second-order valence-corrected chi connectivity index (χ2v) is 5.12. The average Bonchev–Trinajstić information content (AvgIpc) is 2.48. The normalized spacial score (nSPS) is 15.0. The van der Waals surface area contributed by atoms with Crippen molar-refractivity contribution in [3.05, 3.63) is 16.7 Å². The molecule has 4 N–H and O–H groups in total. The maximum absolute atomic E-state index is 9.46. The van der Waals surface area contributed by atoms with E-state index in [1.54, 1.807) is 0 Å². The van der Waals surface area contributed by atoms with E-state index in [0.29, 0.717) is 16.9 Å². The molecule has 0 spiro atoms. The number of aromatic amines is 1. The predicted molar refractivity (Wildman–Crippen MR) is 75.0 cm³/mol. The number of H-pyrrole nitrogens is 1. The Labute approximate surface area is 123 Å². The summed E-state index contributed by atoms with van der Waals surface area (Å²) in [7, 11) is 2.13. The first-order valence-electron chi connectivity index (χ1n) is 6.73. The zero-order valence-corrected chi connectivity index (χ0v) is 11.9. The summed E-state index contributed by atoms with van der Waals surface area (Å²) in [5.74, 6) is 0.828. The van der Waals surface area contributed by atoms with Crippen molar-refractivity contribution in [2.45, 2.75) is 6.42 Å². The number of pyridine rings is 1. The number of quaternary nitrogens is 1. The van der Waals surface area contributed by atoms with Crippen molar-refractivity contribution in [3.8, 4) is 18.2 Å². The van der Waals surface area contributed by atoms with Crippen molar-refractivity contribution in [3.63, 3.8) is 0 Å². The predicted octanol–water partition coefficient (Wildman–Crippen LogP) is -1.77. The van der Waals surface area contributed by atoms with Crippen LogP contribution >= 0.6 is 0 Å². The number of hydrogen-bond acceptors (Lipinski definition) is 5. The van der Waals surface area contributed by atoms with Crippen LogP contribution < -0.4 is 20.5 Å². The van der Waals surface area contributed by atoms with Crippen LogP contribution in [0.1, 0.15) is 16.7 Å². The van der Waals surface area contributed by atoms with Crippen LogP contribution in [0.4, 0.5) is 11.6 Å². The van der Waals surface area contributed by atoms with Crippen LogP contribution in [0.5, 0.6) is 0 Å². The second kappa shape index (κ2) is 6.09.